The van der Waals surface area contributed by atoms with Crippen LogP contribution in [0.2, 0.25) is 0 Å². The number of fused-ring (bicyclic) bond motifs is 3. The fourth-order valence-electron chi connectivity index (χ4n) is 2.32. The molecule has 1 saturated carbocycles. The molecule has 3 aliphatic rings. The molecule has 0 atom stereocenters. The van der Waals surface area contributed by atoms with Crippen molar-refractivity contribution in [1.29, 1.82) is 0 Å². The molecule has 0 heterocycles. The molecule has 0 N–H and O–H groups in total. The lowest BCUT2D eigenvalue weighted by molar-refractivity contribution is 1.48. The van der Waals surface area contributed by atoms with Crippen molar-refractivity contribution in [1.82, 2.24) is 0 Å². The molecule has 4 rings (SSSR count). The van der Waals surface area contributed by atoms with Gasteiger partial charge in [-0.25, -0.2) is 0 Å². The summed E-state index contributed by atoms with van der Waals surface area (Å²) in [5, 5.41) is 2.85. The molecule has 0 nitrogen and oxygen atoms in total. The highest BCUT2D eigenvalue weighted by atomic mass is 14.3. The van der Waals surface area contributed by atoms with E-state index < -0.39 is 0 Å². The average molecular weight is 164 g/mol. The van der Waals surface area contributed by atoms with Crippen molar-refractivity contribution in [3.05, 3.63) is 45.3 Å². The number of allylic oxidation sites excluding steroid dienone is 2. The Morgan fingerprint density at radius 1 is 1.08 bits per heavy atom. The second-order valence-corrected chi connectivity index (χ2v) is 3.92. The highest BCUT2D eigenvalue weighted by Crippen LogP contribution is 2.42. The maximum absolute atomic E-state index is 2.33. The molecule has 3 aliphatic carbocycles. The van der Waals surface area contributed by atoms with Crippen LogP contribution in [-0.2, 0) is 0 Å². The van der Waals surface area contributed by atoms with E-state index in [9.17, 15) is 0 Å². The van der Waals surface area contributed by atoms with Gasteiger partial charge in [-0.05, 0) is 51.3 Å². The molecule has 13 heavy (non-hydrogen) atoms. The molecule has 1 aromatic carbocycles. The van der Waals surface area contributed by atoms with Crippen molar-refractivity contribution >= 4 is 23.8 Å². The molecular weight excluding hydrogens is 156 g/mol. The molecule has 60 valence electrons. The second kappa shape index (κ2) is 1.69. The van der Waals surface area contributed by atoms with Crippen LogP contribution < -0.4 is 10.4 Å². The lowest BCUT2D eigenvalue weighted by atomic mass is 10.1. The molecule has 0 spiro atoms. The van der Waals surface area contributed by atoms with Gasteiger partial charge in [-0.1, -0.05) is 24.3 Å². The Hall–Kier alpha value is -1.56. The van der Waals surface area contributed by atoms with Crippen LogP contribution >= 0.6 is 0 Å². The van der Waals surface area contributed by atoms with Crippen LogP contribution in [0, 0.1) is 0 Å². The first-order valence-corrected chi connectivity index (χ1v) is 4.68. The first-order chi connectivity index (χ1) is 6.42. The zero-order chi connectivity index (χ0) is 8.41. The minimum absolute atomic E-state index is 1.24. The molecule has 0 amide bonds. The first-order valence-electron chi connectivity index (χ1n) is 4.68. The van der Waals surface area contributed by atoms with Crippen molar-refractivity contribution in [2.24, 2.45) is 0 Å². The van der Waals surface area contributed by atoms with E-state index in [1.165, 1.54) is 28.0 Å². The largest absolute Gasteiger partial charge is 0.0610 e. The second-order valence-electron chi connectivity index (χ2n) is 3.92. The normalized spacial score (nSPS) is 19.1. The summed E-state index contributed by atoms with van der Waals surface area (Å²) >= 11 is 0. The maximum atomic E-state index is 2.33. The van der Waals surface area contributed by atoms with Crippen LogP contribution in [0.15, 0.2) is 23.8 Å². The Labute approximate surface area is 76.2 Å². The molecule has 0 unspecified atom stereocenters. The lowest BCUT2D eigenvalue weighted by Crippen LogP contribution is -2.13. The Morgan fingerprint density at radius 2 is 2.08 bits per heavy atom. The highest BCUT2D eigenvalue weighted by molar-refractivity contribution is 5.96. The van der Waals surface area contributed by atoms with E-state index in [4.69, 9.17) is 0 Å². The minimum atomic E-state index is 1.24. The summed E-state index contributed by atoms with van der Waals surface area (Å²) in [5.41, 5.74) is 5.95. The van der Waals surface area contributed by atoms with Gasteiger partial charge < -0.3 is 0 Å². The predicted molar refractivity (Wildman–Crippen MR) is 55.2 cm³/mol. The zero-order valence-corrected chi connectivity index (χ0v) is 7.17. The van der Waals surface area contributed by atoms with Crippen LogP contribution in [0.25, 0.3) is 23.8 Å². The number of hydrogen-bond acceptors (Lipinski definition) is 0. The van der Waals surface area contributed by atoms with Crippen molar-refractivity contribution in [2.45, 2.75) is 6.42 Å². The Morgan fingerprint density at radius 3 is 3.08 bits per heavy atom. The third-order valence-corrected chi connectivity index (χ3v) is 3.09. The summed E-state index contributed by atoms with van der Waals surface area (Å²) in [5.74, 6) is 0. The topological polar surface area (TPSA) is 0 Å². The van der Waals surface area contributed by atoms with Crippen LogP contribution in [-0.4, -0.2) is 0 Å². The van der Waals surface area contributed by atoms with Gasteiger partial charge in [0.05, 0.1) is 0 Å². The fourth-order valence-corrected chi connectivity index (χ4v) is 2.32. The van der Waals surface area contributed by atoms with Crippen molar-refractivity contribution in [2.75, 3.05) is 0 Å². The van der Waals surface area contributed by atoms with Gasteiger partial charge >= 0.3 is 0 Å². The predicted octanol–water partition coefficient (Wildman–Crippen LogP) is 1.45. The van der Waals surface area contributed by atoms with Gasteiger partial charge in [-0.15, -0.1) is 0 Å². The summed E-state index contributed by atoms with van der Waals surface area (Å²) in [7, 11) is 0. The minimum Gasteiger partial charge on any atom is -0.0610 e. The summed E-state index contributed by atoms with van der Waals surface area (Å²) < 4.78 is 0. The van der Waals surface area contributed by atoms with Gasteiger partial charge in [-0.3, -0.25) is 0 Å². The van der Waals surface area contributed by atoms with Crippen molar-refractivity contribution in [3.63, 3.8) is 0 Å². The van der Waals surface area contributed by atoms with E-state index in [-0.39, 0.29) is 0 Å². The maximum Gasteiger partial charge on any atom is -0.00135 e. The van der Waals surface area contributed by atoms with Crippen molar-refractivity contribution in [3.8, 4) is 0 Å². The SMILES string of the molecule is C1=Cc2cc3c(cc2=C1)C=C1CC=31. The number of rotatable bonds is 0. The van der Waals surface area contributed by atoms with Gasteiger partial charge in [0, 0.05) is 0 Å². The van der Waals surface area contributed by atoms with Crippen LogP contribution in [0.5, 0.6) is 0 Å². The van der Waals surface area contributed by atoms with E-state index in [0.29, 0.717) is 0 Å². The molecular formula is C13H8. The smallest absolute Gasteiger partial charge is 0.00135 e. The summed E-state index contributed by atoms with van der Waals surface area (Å²) in [6.07, 6.45) is 10.1. The third-order valence-electron chi connectivity index (χ3n) is 3.09. The van der Waals surface area contributed by atoms with Gasteiger partial charge in [0.25, 0.3) is 0 Å². The molecule has 0 bridgehead atoms. The van der Waals surface area contributed by atoms with E-state index in [1.807, 2.05) is 0 Å². The molecule has 1 fully saturated rings. The molecule has 1 aromatic rings. The van der Waals surface area contributed by atoms with Gasteiger partial charge in [0.15, 0.2) is 0 Å². The first kappa shape index (κ1) is 5.98. The van der Waals surface area contributed by atoms with E-state index >= 15 is 0 Å². The molecule has 0 heteroatoms. The van der Waals surface area contributed by atoms with Crippen molar-refractivity contribution < 1.29 is 0 Å². The third kappa shape index (κ3) is 0.627. The van der Waals surface area contributed by atoms with Gasteiger partial charge in [0.2, 0.25) is 0 Å². The number of benzene rings is 1. The monoisotopic (exact) mass is 164 g/mol. The molecule has 0 saturated heterocycles. The molecule has 0 aliphatic heterocycles. The molecule has 0 radical (unpaired) electrons. The Bertz CT molecular complexity index is 610. The van der Waals surface area contributed by atoms with Crippen LogP contribution in [0.4, 0.5) is 0 Å². The summed E-state index contributed by atoms with van der Waals surface area (Å²) in [6.45, 7) is 0. The zero-order valence-electron chi connectivity index (χ0n) is 7.17. The average Bonchev–Trinajstić information content (AvgIpc) is 2.62. The van der Waals surface area contributed by atoms with E-state index in [0.717, 1.165) is 0 Å². The van der Waals surface area contributed by atoms with Crippen LogP contribution in [0.3, 0.4) is 0 Å². The highest BCUT2D eigenvalue weighted by Gasteiger charge is 2.27. The van der Waals surface area contributed by atoms with E-state index in [1.54, 1.807) is 11.1 Å². The Kier molecular flexibility index (Phi) is 0.779. The summed E-state index contributed by atoms with van der Waals surface area (Å²) in [4.78, 5) is 0. The quantitative estimate of drug-likeness (QED) is 0.544. The standard InChI is InChI=1S/C13H8/c1-2-8-4-10-5-11-7-13(11)12(10)6-9(8)3-1/h1-6H,7H2. The van der Waals surface area contributed by atoms with Crippen LogP contribution in [0.1, 0.15) is 17.5 Å². The van der Waals surface area contributed by atoms with E-state index in [2.05, 4.69) is 36.4 Å². The molecule has 0 aromatic heterocycles. The lowest BCUT2D eigenvalue weighted by Gasteiger charge is -1.96. The number of hydrogen-bond donors (Lipinski definition) is 0. The Balaban J connectivity index is 2.26. The summed E-state index contributed by atoms with van der Waals surface area (Å²) in [6, 6.07) is 4.63. The fraction of sp³-hybridized carbons (Fsp3) is 0.0769. The van der Waals surface area contributed by atoms with Gasteiger partial charge in [-0.2, -0.15) is 0 Å². The van der Waals surface area contributed by atoms with Gasteiger partial charge in [0.1, 0.15) is 0 Å².